The van der Waals surface area contributed by atoms with Gasteiger partial charge in [-0.25, -0.2) is 9.37 Å². The molecule has 0 spiro atoms. The number of hydrogen-bond acceptors (Lipinski definition) is 6. The lowest BCUT2D eigenvalue weighted by Gasteiger charge is -2.32. The minimum atomic E-state index is -0.249. The van der Waals surface area contributed by atoms with Crippen LogP contribution in [0, 0.1) is 11.7 Å². The maximum Gasteiger partial charge on any atom is 0.257 e. The van der Waals surface area contributed by atoms with E-state index in [-0.39, 0.29) is 24.2 Å². The number of halogens is 1. The Morgan fingerprint density at radius 2 is 1.68 bits per heavy atom. The van der Waals surface area contributed by atoms with E-state index >= 15 is 0 Å². The molecule has 0 saturated carbocycles. The van der Waals surface area contributed by atoms with E-state index in [1.165, 1.54) is 12.1 Å². The first-order chi connectivity index (χ1) is 18.6. The minimum absolute atomic E-state index is 0.00414. The highest BCUT2D eigenvalue weighted by atomic mass is 19.1. The molecule has 8 nitrogen and oxygen atoms in total. The fourth-order valence-corrected chi connectivity index (χ4v) is 4.91. The number of amides is 1. The molecule has 3 aromatic carbocycles. The van der Waals surface area contributed by atoms with Gasteiger partial charge in [-0.1, -0.05) is 47.6 Å². The monoisotopic (exact) mass is 510 g/mol. The first-order valence-corrected chi connectivity index (χ1v) is 12.7. The van der Waals surface area contributed by atoms with E-state index in [4.69, 9.17) is 9.51 Å². The summed E-state index contributed by atoms with van der Waals surface area (Å²) >= 11 is 0. The molecule has 0 bridgehead atoms. The van der Waals surface area contributed by atoms with Crippen LogP contribution in [-0.4, -0.2) is 38.7 Å². The number of nitrogens with zero attached hydrogens (tertiary/aromatic N) is 5. The van der Waals surface area contributed by atoms with Gasteiger partial charge >= 0.3 is 0 Å². The number of benzene rings is 3. The van der Waals surface area contributed by atoms with Gasteiger partial charge in [0, 0.05) is 24.6 Å². The van der Waals surface area contributed by atoms with Gasteiger partial charge in [-0.15, -0.1) is 0 Å². The lowest BCUT2D eigenvalue weighted by atomic mass is 9.96. The van der Waals surface area contributed by atoms with Crippen LogP contribution in [0.1, 0.15) is 24.2 Å². The summed E-state index contributed by atoms with van der Waals surface area (Å²) < 4.78 is 20.9. The van der Waals surface area contributed by atoms with Crippen LogP contribution in [0.5, 0.6) is 0 Å². The molecular weight excluding hydrogens is 483 g/mol. The fraction of sp³-hybridized carbons (Fsp3) is 0.241. The zero-order valence-electron chi connectivity index (χ0n) is 20.8. The smallest absolute Gasteiger partial charge is 0.257 e. The van der Waals surface area contributed by atoms with E-state index in [0.29, 0.717) is 44.2 Å². The molecule has 1 N–H and O–H groups in total. The van der Waals surface area contributed by atoms with Crippen LogP contribution in [0.4, 0.5) is 10.3 Å². The lowest BCUT2D eigenvalue weighted by molar-refractivity contribution is -0.125. The average molecular weight is 511 g/mol. The number of carbonyl (C=O) groups excluding carboxylic acids is 1. The molecule has 1 saturated heterocycles. The van der Waals surface area contributed by atoms with Gasteiger partial charge in [0.05, 0.1) is 24.1 Å². The Bertz CT molecular complexity index is 1540. The zero-order chi connectivity index (χ0) is 25.9. The highest BCUT2D eigenvalue weighted by Gasteiger charge is 2.28. The normalized spacial score (nSPS) is 14.2. The fourth-order valence-electron chi connectivity index (χ4n) is 4.91. The molecule has 192 valence electrons. The number of hydrogen-bond donors (Lipinski definition) is 1. The van der Waals surface area contributed by atoms with Crippen LogP contribution in [-0.2, 0) is 17.9 Å². The lowest BCUT2D eigenvalue weighted by Crippen LogP contribution is -2.41. The third-order valence-corrected chi connectivity index (χ3v) is 6.95. The molecule has 1 aliphatic rings. The van der Waals surface area contributed by atoms with Crippen molar-refractivity contribution in [2.24, 2.45) is 5.92 Å². The van der Waals surface area contributed by atoms with Crippen molar-refractivity contribution in [2.45, 2.75) is 25.9 Å². The van der Waals surface area contributed by atoms with E-state index in [1.54, 1.807) is 12.1 Å². The highest BCUT2D eigenvalue weighted by Crippen LogP contribution is 2.28. The molecule has 1 amide bonds. The summed E-state index contributed by atoms with van der Waals surface area (Å²) in [5, 5.41) is 6.95. The van der Waals surface area contributed by atoms with Gasteiger partial charge in [0.25, 0.3) is 5.89 Å². The highest BCUT2D eigenvalue weighted by molar-refractivity contribution is 5.80. The van der Waals surface area contributed by atoms with Crippen molar-refractivity contribution in [1.29, 1.82) is 0 Å². The van der Waals surface area contributed by atoms with Crippen LogP contribution in [0.25, 0.3) is 22.5 Å². The molecular formula is C29H27FN6O2. The molecule has 38 heavy (non-hydrogen) atoms. The number of nitrogens with one attached hydrogen (secondary N) is 1. The maximum atomic E-state index is 13.4. The summed E-state index contributed by atoms with van der Waals surface area (Å²) in [4.78, 5) is 24.4. The summed E-state index contributed by atoms with van der Waals surface area (Å²) in [5.41, 5.74) is 3.79. The van der Waals surface area contributed by atoms with Crippen LogP contribution < -0.4 is 10.2 Å². The third kappa shape index (κ3) is 5.00. The van der Waals surface area contributed by atoms with Gasteiger partial charge in [0.1, 0.15) is 5.82 Å². The second-order valence-corrected chi connectivity index (χ2v) is 9.47. The standard InChI is InChI=1S/C29H27FN6O2/c30-23-12-10-20(11-13-23)19-36-25-9-5-4-8-24(25)32-29(36)35-16-14-21(15-17-35)27(37)31-18-26-33-28(38-34-26)22-6-2-1-3-7-22/h1-13,21H,14-19H2,(H,31,37). The largest absolute Gasteiger partial charge is 0.348 e. The number of imidazole rings is 1. The topological polar surface area (TPSA) is 89.1 Å². The Morgan fingerprint density at radius 3 is 2.47 bits per heavy atom. The molecule has 9 heteroatoms. The van der Waals surface area contributed by atoms with Crippen LogP contribution in [0.2, 0.25) is 0 Å². The first kappa shape index (κ1) is 23.8. The predicted octanol–water partition coefficient (Wildman–Crippen LogP) is 4.81. The second kappa shape index (κ2) is 10.5. The Labute approximate surface area is 219 Å². The molecule has 0 atom stereocenters. The molecule has 2 aromatic heterocycles. The summed E-state index contributed by atoms with van der Waals surface area (Å²) in [7, 11) is 0. The summed E-state index contributed by atoms with van der Waals surface area (Å²) in [6.07, 6.45) is 1.43. The Morgan fingerprint density at radius 1 is 0.947 bits per heavy atom. The SMILES string of the molecule is O=C(NCc1noc(-c2ccccc2)n1)C1CCN(c2nc3ccccc3n2Cc2ccc(F)cc2)CC1. The van der Waals surface area contributed by atoms with Crippen molar-refractivity contribution in [3.05, 3.63) is 96.1 Å². The predicted molar refractivity (Wildman–Crippen MR) is 142 cm³/mol. The molecule has 1 aliphatic heterocycles. The molecule has 1 fully saturated rings. The summed E-state index contributed by atoms with van der Waals surface area (Å²) in [5.74, 6) is 1.41. The Balaban J connectivity index is 1.10. The van der Waals surface area contributed by atoms with Gasteiger partial charge in [-0.2, -0.15) is 4.98 Å². The second-order valence-electron chi connectivity index (χ2n) is 9.47. The number of anilines is 1. The van der Waals surface area contributed by atoms with Crippen molar-refractivity contribution in [1.82, 2.24) is 25.0 Å². The first-order valence-electron chi connectivity index (χ1n) is 12.7. The summed E-state index contributed by atoms with van der Waals surface area (Å²) in [6, 6.07) is 24.1. The van der Waals surface area contributed by atoms with Gasteiger partial charge in [-0.05, 0) is 54.8 Å². The van der Waals surface area contributed by atoms with Gasteiger partial charge in [0.15, 0.2) is 5.82 Å². The molecule has 5 aromatic rings. The van der Waals surface area contributed by atoms with Crippen LogP contribution in [0.15, 0.2) is 83.4 Å². The van der Waals surface area contributed by atoms with Crippen molar-refractivity contribution >= 4 is 22.9 Å². The Kier molecular flexibility index (Phi) is 6.56. The van der Waals surface area contributed by atoms with E-state index in [0.717, 1.165) is 28.1 Å². The van der Waals surface area contributed by atoms with Crippen LogP contribution >= 0.6 is 0 Å². The van der Waals surface area contributed by atoms with E-state index < -0.39 is 0 Å². The molecule has 6 rings (SSSR count). The van der Waals surface area contributed by atoms with Crippen LogP contribution in [0.3, 0.4) is 0 Å². The number of piperidine rings is 1. The zero-order valence-corrected chi connectivity index (χ0v) is 20.8. The van der Waals surface area contributed by atoms with Crippen molar-refractivity contribution in [3.8, 4) is 11.5 Å². The van der Waals surface area contributed by atoms with Gasteiger partial charge < -0.3 is 19.3 Å². The van der Waals surface area contributed by atoms with Crippen molar-refractivity contribution < 1.29 is 13.7 Å². The van der Waals surface area contributed by atoms with Crippen molar-refractivity contribution in [3.63, 3.8) is 0 Å². The third-order valence-electron chi connectivity index (χ3n) is 6.95. The number of carbonyl (C=O) groups is 1. The van der Waals surface area contributed by atoms with E-state index in [2.05, 4.69) is 31.0 Å². The number of aromatic nitrogens is 4. The molecule has 0 unspecified atom stereocenters. The molecule has 0 aliphatic carbocycles. The van der Waals surface area contributed by atoms with Crippen molar-refractivity contribution in [2.75, 3.05) is 18.0 Å². The maximum absolute atomic E-state index is 13.4. The van der Waals surface area contributed by atoms with Gasteiger partial charge in [-0.3, -0.25) is 4.79 Å². The number of para-hydroxylation sites is 2. The number of rotatable bonds is 7. The van der Waals surface area contributed by atoms with Gasteiger partial charge in [0.2, 0.25) is 11.9 Å². The quantitative estimate of drug-likeness (QED) is 0.338. The molecule has 0 radical (unpaired) electrons. The number of fused-ring (bicyclic) bond motifs is 1. The Hall–Kier alpha value is -4.53. The minimum Gasteiger partial charge on any atom is -0.348 e. The average Bonchev–Trinajstić information content (AvgIpc) is 3.59. The summed E-state index contributed by atoms with van der Waals surface area (Å²) in [6.45, 7) is 2.24. The molecule has 3 heterocycles. The van der Waals surface area contributed by atoms with E-state index in [9.17, 15) is 9.18 Å². The van der Waals surface area contributed by atoms with E-state index in [1.807, 2.05) is 48.5 Å².